The van der Waals surface area contributed by atoms with Gasteiger partial charge in [0.25, 0.3) is 11.5 Å². The Labute approximate surface area is 184 Å². The summed E-state index contributed by atoms with van der Waals surface area (Å²) in [6, 6.07) is 5.33. The van der Waals surface area contributed by atoms with Gasteiger partial charge in [-0.1, -0.05) is 30.0 Å². The Morgan fingerprint density at radius 2 is 2.13 bits per heavy atom. The molecular weight excluding hydrogens is 424 g/mol. The molecule has 8 nitrogen and oxygen atoms in total. The van der Waals surface area contributed by atoms with Gasteiger partial charge in [-0.05, 0) is 31.6 Å². The van der Waals surface area contributed by atoms with Gasteiger partial charge in [0.1, 0.15) is 15.8 Å². The zero-order valence-electron chi connectivity index (χ0n) is 16.9. The van der Waals surface area contributed by atoms with Crippen LogP contribution in [0, 0.1) is 0 Å². The van der Waals surface area contributed by atoms with Crippen molar-refractivity contribution >= 4 is 51.7 Å². The van der Waals surface area contributed by atoms with E-state index in [1.165, 1.54) is 16.2 Å². The van der Waals surface area contributed by atoms with E-state index in [0.717, 1.165) is 0 Å². The number of rotatable bonds is 10. The number of ether oxygens (including phenoxy) is 2. The average Bonchev–Trinajstić information content (AvgIpc) is 3.01. The second-order valence-corrected chi connectivity index (χ2v) is 8.09. The molecule has 0 unspecified atom stereocenters. The first-order chi connectivity index (χ1) is 14.6. The molecule has 0 saturated carbocycles. The van der Waals surface area contributed by atoms with E-state index in [-0.39, 0.29) is 11.5 Å². The molecule has 1 fully saturated rings. The zero-order valence-corrected chi connectivity index (χ0v) is 18.6. The summed E-state index contributed by atoms with van der Waals surface area (Å²) in [6.07, 6.45) is 3.92. The van der Waals surface area contributed by atoms with Crippen LogP contribution in [0.25, 0.3) is 11.7 Å². The molecule has 3 heterocycles. The number of amides is 1. The molecule has 160 valence electrons. The van der Waals surface area contributed by atoms with Crippen LogP contribution in [0.1, 0.15) is 18.9 Å². The molecule has 0 spiro atoms. The van der Waals surface area contributed by atoms with Gasteiger partial charge in [0, 0.05) is 39.6 Å². The van der Waals surface area contributed by atoms with Crippen molar-refractivity contribution in [3.05, 3.63) is 45.2 Å². The molecule has 1 saturated heterocycles. The maximum absolute atomic E-state index is 13.1. The Morgan fingerprint density at radius 1 is 1.30 bits per heavy atom. The van der Waals surface area contributed by atoms with Gasteiger partial charge in [0.2, 0.25) is 0 Å². The summed E-state index contributed by atoms with van der Waals surface area (Å²) in [5.41, 5.74) is 0.565. The van der Waals surface area contributed by atoms with Crippen molar-refractivity contribution in [3.8, 4) is 0 Å². The predicted octanol–water partition coefficient (Wildman–Crippen LogP) is 2.38. The highest BCUT2D eigenvalue weighted by Gasteiger charge is 2.32. The van der Waals surface area contributed by atoms with E-state index in [2.05, 4.69) is 10.3 Å². The van der Waals surface area contributed by atoms with E-state index < -0.39 is 0 Å². The smallest absolute Gasteiger partial charge is 0.267 e. The van der Waals surface area contributed by atoms with Gasteiger partial charge in [-0.25, -0.2) is 4.98 Å². The van der Waals surface area contributed by atoms with E-state index >= 15 is 0 Å². The molecule has 0 aliphatic carbocycles. The molecule has 30 heavy (non-hydrogen) atoms. The van der Waals surface area contributed by atoms with Gasteiger partial charge in [0.15, 0.2) is 0 Å². The van der Waals surface area contributed by atoms with E-state index in [0.29, 0.717) is 65.6 Å². The average molecular weight is 449 g/mol. The highest BCUT2D eigenvalue weighted by atomic mass is 32.2. The molecule has 2 aromatic heterocycles. The van der Waals surface area contributed by atoms with Gasteiger partial charge in [-0.2, -0.15) is 0 Å². The lowest BCUT2D eigenvalue weighted by Gasteiger charge is -2.14. The summed E-state index contributed by atoms with van der Waals surface area (Å²) in [5.74, 6) is 0.201. The van der Waals surface area contributed by atoms with Crippen LogP contribution in [-0.2, 0) is 14.3 Å². The number of anilines is 1. The number of nitrogens with zero attached hydrogens (tertiary/aromatic N) is 3. The van der Waals surface area contributed by atoms with Gasteiger partial charge >= 0.3 is 0 Å². The Hall–Kier alpha value is -2.27. The van der Waals surface area contributed by atoms with Crippen LogP contribution < -0.4 is 10.9 Å². The molecule has 10 heteroatoms. The highest BCUT2D eigenvalue weighted by molar-refractivity contribution is 8.26. The van der Waals surface area contributed by atoms with Crippen molar-refractivity contribution in [1.82, 2.24) is 14.3 Å². The first kappa shape index (κ1) is 22.4. The quantitative estimate of drug-likeness (QED) is 0.337. The number of hydrogen-bond acceptors (Lipinski definition) is 8. The summed E-state index contributed by atoms with van der Waals surface area (Å²) in [4.78, 5) is 32.5. The van der Waals surface area contributed by atoms with Crippen molar-refractivity contribution < 1.29 is 14.3 Å². The minimum absolute atomic E-state index is 0.207. The Balaban J connectivity index is 1.93. The fourth-order valence-corrected chi connectivity index (χ4v) is 4.22. The first-order valence-electron chi connectivity index (χ1n) is 9.64. The van der Waals surface area contributed by atoms with Gasteiger partial charge in [0.05, 0.1) is 17.1 Å². The second kappa shape index (κ2) is 10.7. The summed E-state index contributed by atoms with van der Waals surface area (Å²) in [5, 5.41) is 3.13. The van der Waals surface area contributed by atoms with Crippen molar-refractivity contribution in [1.29, 1.82) is 0 Å². The van der Waals surface area contributed by atoms with Crippen LogP contribution in [0.15, 0.2) is 34.1 Å². The Morgan fingerprint density at radius 3 is 2.90 bits per heavy atom. The number of nitrogens with one attached hydrogen (secondary N) is 1. The lowest BCUT2D eigenvalue weighted by atomic mass is 10.2. The van der Waals surface area contributed by atoms with Gasteiger partial charge < -0.3 is 14.8 Å². The molecule has 0 radical (unpaired) electrons. The van der Waals surface area contributed by atoms with Crippen LogP contribution >= 0.6 is 24.0 Å². The van der Waals surface area contributed by atoms with Crippen LogP contribution in [0.5, 0.6) is 0 Å². The molecule has 1 aliphatic rings. The van der Waals surface area contributed by atoms with Crippen LogP contribution in [0.2, 0.25) is 0 Å². The maximum atomic E-state index is 13.1. The fraction of sp³-hybridized carbons (Fsp3) is 0.400. The van der Waals surface area contributed by atoms with E-state index in [1.54, 1.807) is 36.4 Å². The SMILES string of the molecule is CCOCCCN1C(=O)/C(=C/c2c(NCCOC)nc3ccccn3c2=O)SC1=S. The van der Waals surface area contributed by atoms with Crippen LogP contribution in [0.3, 0.4) is 0 Å². The van der Waals surface area contributed by atoms with Crippen molar-refractivity contribution in [2.24, 2.45) is 0 Å². The summed E-state index contributed by atoms with van der Waals surface area (Å²) < 4.78 is 12.3. The standard InChI is InChI=1S/C20H24N4O4S2/c1-3-28-11-6-10-24-19(26)15(30-20(24)29)13-14-17(21-8-12-27-2)22-16-7-4-5-9-23(16)18(14)25/h4-5,7,9,13,21H,3,6,8,10-12H2,1-2H3/b15-13-. The molecule has 1 N–H and O–H groups in total. The summed E-state index contributed by atoms with van der Waals surface area (Å²) >= 11 is 6.56. The number of fused-ring (bicyclic) bond motifs is 1. The van der Waals surface area contributed by atoms with Crippen molar-refractivity contribution in [2.75, 3.05) is 45.3 Å². The predicted molar refractivity (Wildman–Crippen MR) is 123 cm³/mol. The topological polar surface area (TPSA) is 85.2 Å². The maximum Gasteiger partial charge on any atom is 0.267 e. The first-order valence-corrected chi connectivity index (χ1v) is 10.9. The van der Waals surface area contributed by atoms with Crippen LogP contribution in [-0.4, -0.2) is 64.5 Å². The number of thiocarbonyl (C=S) groups is 1. The third-order valence-electron chi connectivity index (χ3n) is 4.39. The summed E-state index contributed by atoms with van der Waals surface area (Å²) in [6.45, 7) is 4.54. The van der Waals surface area contributed by atoms with Gasteiger partial charge in [-0.3, -0.25) is 18.9 Å². The number of thioether (sulfide) groups is 1. The number of carbonyl (C=O) groups is 1. The fourth-order valence-electron chi connectivity index (χ4n) is 2.93. The third kappa shape index (κ3) is 5.07. The normalized spacial score (nSPS) is 15.5. The highest BCUT2D eigenvalue weighted by Crippen LogP contribution is 2.33. The zero-order chi connectivity index (χ0) is 21.5. The molecule has 0 aromatic carbocycles. The number of aromatic nitrogens is 2. The molecule has 1 aliphatic heterocycles. The largest absolute Gasteiger partial charge is 0.383 e. The molecule has 2 aromatic rings. The second-order valence-electron chi connectivity index (χ2n) is 6.41. The Kier molecular flexibility index (Phi) is 7.97. The molecule has 0 bridgehead atoms. The molecule has 1 amide bonds. The lowest BCUT2D eigenvalue weighted by Crippen LogP contribution is -2.29. The molecule has 0 atom stereocenters. The minimum Gasteiger partial charge on any atom is -0.383 e. The monoisotopic (exact) mass is 448 g/mol. The Bertz CT molecular complexity index is 1020. The molecule has 3 rings (SSSR count). The van der Waals surface area contributed by atoms with E-state index in [1.807, 2.05) is 13.0 Å². The number of carbonyl (C=O) groups excluding carboxylic acids is 1. The minimum atomic E-state index is -0.262. The number of hydrogen-bond donors (Lipinski definition) is 1. The van der Waals surface area contributed by atoms with E-state index in [9.17, 15) is 9.59 Å². The van der Waals surface area contributed by atoms with Crippen LogP contribution in [0.4, 0.5) is 5.82 Å². The third-order valence-corrected chi connectivity index (χ3v) is 5.77. The number of pyridine rings is 1. The lowest BCUT2D eigenvalue weighted by molar-refractivity contribution is -0.122. The summed E-state index contributed by atoms with van der Waals surface area (Å²) in [7, 11) is 1.60. The van der Waals surface area contributed by atoms with Crippen molar-refractivity contribution in [2.45, 2.75) is 13.3 Å². The van der Waals surface area contributed by atoms with Gasteiger partial charge in [-0.15, -0.1) is 0 Å². The van der Waals surface area contributed by atoms with Crippen molar-refractivity contribution in [3.63, 3.8) is 0 Å². The molecular formula is C20H24N4O4S2. The number of methoxy groups -OCH3 is 1. The van der Waals surface area contributed by atoms with E-state index in [4.69, 9.17) is 21.7 Å².